The third kappa shape index (κ3) is 4.99. The molecule has 0 radical (unpaired) electrons. The Kier molecular flexibility index (Phi) is 7.36. The van der Waals surface area contributed by atoms with Crippen molar-refractivity contribution in [2.24, 2.45) is 0 Å². The van der Waals surface area contributed by atoms with E-state index in [1.165, 1.54) is 24.8 Å². The van der Waals surface area contributed by atoms with Crippen LogP contribution in [0, 0.1) is 0 Å². The Balaban J connectivity index is 2.58. The van der Waals surface area contributed by atoms with Gasteiger partial charge in [-0.1, -0.05) is 42.1 Å². The molecule has 18 heavy (non-hydrogen) atoms. The lowest BCUT2D eigenvalue weighted by Crippen LogP contribution is -2.14. The van der Waals surface area contributed by atoms with E-state index in [4.69, 9.17) is 4.74 Å². The second-order valence-electron chi connectivity index (χ2n) is 4.60. The molecule has 1 N–H and O–H groups in total. The maximum Gasteiger partial charge on any atom is 0.124 e. The zero-order valence-corrected chi connectivity index (χ0v) is 13.2. The van der Waals surface area contributed by atoms with Gasteiger partial charge in [0.05, 0.1) is 6.61 Å². The average Bonchev–Trinajstić information content (AvgIpc) is 2.39. The standard InChI is InChI=1S/C15H24BrNO/c1-4-5-6-7-10-18-15-9-8-13(16)11-14(15)12(2)17-3/h8-9,11-12,17H,4-7,10H2,1-3H3. The zero-order chi connectivity index (χ0) is 13.4. The van der Waals surface area contributed by atoms with Gasteiger partial charge < -0.3 is 10.1 Å². The lowest BCUT2D eigenvalue weighted by molar-refractivity contribution is 0.299. The number of benzene rings is 1. The topological polar surface area (TPSA) is 21.3 Å². The zero-order valence-electron chi connectivity index (χ0n) is 11.6. The SMILES string of the molecule is CCCCCCOc1ccc(Br)cc1C(C)NC. The summed E-state index contributed by atoms with van der Waals surface area (Å²) in [5.41, 5.74) is 1.21. The summed E-state index contributed by atoms with van der Waals surface area (Å²) < 4.78 is 7.00. The Labute approximate surface area is 119 Å². The molecule has 0 spiro atoms. The molecule has 1 atom stereocenters. The van der Waals surface area contributed by atoms with Crippen molar-refractivity contribution in [3.05, 3.63) is 28.2 Å². The van der Waals surface area contributed by atoms with Crippen LogP contribution >= 0.6 is 15.9 Å². The van der Waals surface area contributed by atoms with Crippen molar-refractivity contribution >= 4 is 15.9 Å². The van der Waals surface area contributed by atoms with Gasteiger partial charge >= 0.3 is 0 Å². The van der Waals surface area contributed by atoms with Gasteiger partial charge in [0, 0.05) is 16.1 Å². The molecule has 1 aromatic carbocycles. The van der Waals surface area contributed by atoms with Gasteiger partial charge in [0.15, 0.2) is 0 Å². The molecule has 102 valence electrons. The quantitative estimate of drug-likeness (QED) is 0.703. The average molecular weight is 314 g/mol. The van der Waals surface area contributed by atoms with Gasteiger partial charge in [-0.2, -0.15) is 0 Å². The van der Waals surface area contributed by atoms with Gasteiger partial charge in [0.2, 0.25) is 0 Å². The summed E-state index contributed by atoms with van der Waals surface area (Å²) in [5, 5.41) is 3.26. The van der Waals surface area contributed by atoms with E-state index in [2.05, 4.69) is 41.2 Å². The maximum atomic E-state index is 5.90. The minimum absolute atomic E-state index is 0.299. The third-order valence-corrected chi connectivity index (χ3v) is 3.62. The lowest BCUT2D eigenvalue weighted by Gasteiger charge is -2.17. The summed E-state index contributed by atoms with van der Waals surface area (Å²) in [4.78, 5) is 0. The summed E-state index contributed by atoms with van der Waals surface area (Å²) in [7, 11) is 1.97. The second kappa shape index (κ2) is 8.54. The first-order chi connectivity index (χ1) is 8.69. The fraction of sp³-hybridized carbons (Fsp3) is 0.600. The number of halogens is 1. The Hall–Kier alpha value is -0.540. The number of rotatable bonds is 8. The van der Waals surface area contributed by atoms with Gasteiger partial charge in [-0.3, -0.25) is 0 Å². The molecule has 1 aromatic rings. The Morgan fingerprint density at radius 3 is 2.72 bits per heavy atom. The van der Waals surface area contributed by atoms with Crippen LogP contribution in [0.2, 0.25) is 0 Å². The van der Waals surface area contributed by atoms with Crippen molar-refractivity contribution in [1.29, 1.82) is 0 Å². The van der Waals surface area contributed by atoms with Gasteiger partial charge in [0.1, 0.15) is 5.75 Å². The first kappa shape index (κ1) is 15.5. The van der Waals surface area contributed by atoms with Gasteiger partial charge in [-0.25, -0.2) is 0 Å². The normalized spacial score (nSPS) is 12.4. The summed E-state index contributed by atoms with van der Waals surface area (Å²) in [6.45, 7) is 5.18. The number of nitrogens with one attached hydrogen (secondary N) is 1. The van der Waals surface area contributed by atoms with Crippen molar-refractivity contribution in [1.82, 2.24) is 5.32 Å². The maximum absolute atomic E-state index is 5.90. The Bertz CT molecular complexity index is 354. The summed E-state index contributed by atoms with van der Waals surface area (Å²) in [5.74, 6) is 0.997. The Morgan fingerprint density at radius 2 is 2.06 bits per heavy atom. The van der Waals surface area contributed by atoms with E-state index in [9.17, 15) is 0 Å². The van der Waals surface area contributed by atoms with Crippen molar-refractivity contribution in [2.75, 3.05) is 13.7 Å². The van der Waals surface area contributed by atoms with Crippen LogP contribution in [0.5, 0.6) is 5.75 Å². The van der Waals surface area contributed by atoms with Crippen LogP contribution in [0.1, 0.15) is 51.1 Å². The van der Waals surface area contributed by atoms with Crippen LogP contribution in [0.3, 0.4) is 0 Å². The van der Waals surface area contributed by atoms with E-state index in [-0.39, 0.29) is 0 Å². The molecule has 0 fully saturated rings. The molecule has 0 amide bonds. The predicted molar refractivity (Wildman–Crippen MR) is 81.3 cm³/mol. The van der Waals surface area contributed by atoms with Crippen LogP contribution in [0.25, 0.3) is 0 Å². The molecule has 2 nitrogen and oxygen atoms in total. The highest BCUT2D eigenvalue weighted by atomic mass is 79.9. The van der Waals surface area contributed by atoms with Crippen LogP contribution in [-0.2, 0) is 0 Å². The number of hydrogen-bond acceptors (Lipinski definition) is 2. The highest BCUT2D eigenvalue weighted by Crippen LogP contribution is 2.28. The molecule has 1 unspecified atom stereocenters. The van der Waals surface area contributed by atoms with E-state index >= 15 is 0 Å². The largest absolute Gasteiger partial charge is 0.493 e. The van der Waals surface area contributed by atoms with Gasteiger partial charge in [0.25, 0.3) is 0 Å². The number of hydrogen-bond donors (Lipinski definition) is 1. The predicted octanol–water partition coefficient (Wildman–Crippen LogP) is 4.69. The highest BCUT2D eigenvalue weighted by Gasteiger charge is 2.10. The fourth-order valence-corrected chi connectivity index (χ4v) is 2.23. The summed E-state index contributed by atoms with van der Waals surface area (Å²) in [6, 6.07) is 6.51. The van der Waals surface area contributed by atoms with Crippen molar-refractivity contribution in [2.45, 2.75) is 45.6 Å². The Morgan fingerprint density at radius 1 is 1.28 bits per heavy atom. The molecule has 0 saturated heterocycles. The molecule has 0 aliphatic rings. The van der Waals surface area contributed by atoms with Crippen LogP contribution in [0.4, 0.5) is 0 Å². The summed E-state index contributed by atoms with van der Waals surface area (Å²) in [6.07, 6.45) is 4.95. The van der Waals surface area contributed by atoms with Crippen molar-refractivity contribution in [3.8, 4) is 5.75 Å². The minimum atomic E-state index is 0.299. The lowest BCUT2D eigenvalue weighted by atomic mass is 10.1. The highest BCUT2D eigenvalue weighted by molar-refractivity contribution is 9.10. The molecule has 3 heteroatoms. The van der Waals surface area contributed by atoms with E-state index < -0.39 is 0 Å². The first-order valence-corrected chi connectivity index (χ1v) is 7.57. The molecule has 0 aromatic heterocycles. The minimum Gasteiger partial charge on any atom is -0.493 e. The van der Waals surface area contributed by atoms with Crippen LogP contribution in [0.15, 0.2) is 22.7 Å². The molecule has 0 heterocycles. The van der Waals surface area contributed by atoms with Crippen LogP contribution < -0.4 is 10.1 Å². The molecule has 0 saturated carbocycles. The van der Waals surface area contributed by atoms with Crippen LogP contribution in [-0.4, -0.2) is 13.7 Å². The van der Waals surface area contributed by atoms with E-state index in [1.54, 1.807) is 0 Å². The van der Waals surface area contributed by atoms with Crippen molar-refractivity contribution in [3.63, 3.8) is 0 Å². The first-order valence-electron chi connectivity index (χ1n) is 6.78. The molecule has 0 bridgehead atoms. The second-order valence-corrected chi connectivity index (χ2v) is 5.52. The van der Waals surface area contributed by atoms with E-state index in [0.29, 0.717) is 6.04 Å². The third-order valence-electron chi connectivity index (χ3n) is 3.13. The smallest absolute Gasteiger partial charge is 0.124 e. The molecular formula is C15H24BrNO. The number of ether oxygens (including phenoxy) is 1. The van der Waals surface area contributed by atoms with E-state index in [1.807, 2.05) is 19.2 Å². The van der Waals surface area contributed by atoms with Gasteiger partial charge in [-0.15, -0.1) is 0 Å². The number of unbranched alkanes of at least 4 members (excludes halogenated alkanes) is 3. The summed E-state index contributed by atoms with van der Waals surface area (Å²) >= 11 is 3.51. The van der Waals surface area contributed by atoms with E-state index in [0.717, 1.165) is 23.2 Å². The monoisotopic (exact) mass is 313 g/mol. The molecule has 0 aliphatic heterocycles. The van der Waals surface area contributed by atoms with Gasteiger partial charge in [-0.05, 0) is 38.6 Å². The molecule has 0 aliphatic carbocycles. The molecular weight excluding hydrogens is 290 g/mol. The fourth-order valence-electron chi connectivity index (χ4n) is 1.86. The van der Waals surface area contributed by atoms with Crippen molar-refractivity contribution < 1.29 is 4.74 Å². The molecule has 1 rings (SSSR count).